The summed E-state index contributed by atoms with van der Waals surface area (Å²) >= 11 is 0. The fourth-order valence-corrected chi connectivity index (χ4v) is 2.27. The molecule has 0 bridgehead atoms. The molecule has 2 aromatic rings. The van der Waals surface area contributed by atoms with Crippen LogP contribution in [0.5, 0.6) is 17.2 Å². The molecular weight excluding hydrogens is 352 g/mol. The predicted octanol–water partition coefficient (Wildman–Crippen LogP) is 2.76. The van der Waals surface area contributed by atoms with E-state index in [2.05, 4.69) is 13.2 Å². The van der Waals surface area contributed by atoms with Crippen LogP contribution in [0.3, 0.4) is 0 Å². The smallest absolute Gasteiger partial charge is 0.330 e. The molecule has 0 aliphatic heterocycles. The number of benzene rings is 2. The highest BCUT2D eigenvalue weighted by molar-refractivity contribution is 5.95. The van der Waals surface area contributed by atoms with E-state index in [1.54, 1.807) is 12.1 Å². The molecule has 0 spiro atoms. The highest BCUT2D eigenvalue weighted by Gasteiger charge is 2.14. The first-order valence-electron chi connectivity index (χ1n) is 8.15. The van der Waals surface area contributed by atoms with Gasteiger partial charge in [-0.1, -0.05) is 37.4 Å². The maximum atomic E-state index is 11.0. The predicted molar refractivity (Wildman–Crippen MR) is 98.9 cm³/mol. The van der Waals surface area contributed by atoms with Crippen molar-refractivity contribution in [1.29, 1.82) is 0 Å². The Kier molecular flexibility index (Phi) is 7.25. The summed E-state index contributed by atoms with van der Waals surface area (Å²) in [6.07, 6.45) is 2.13. The molecule has 0 saturated heterocycles. The number of esters is 2. The van der Waals surface area contributed by atoms with Crippen molar-refractivity contribution in [2.75, 3.05) is 26.4 Å². The quantitative estimate of drug-likeness (QED) is 0.389. The van der Waals surface area contributed by atoms with Gasteiger partial charge < -0.3 is 24.1 Å². The maximum Gasteiger partial charge on any atom is 0.330 e. The second kappa shape index (κ2) is 9.86. The Hall–Kier alpha value is -3.48. The van der Waals surface area contributed by atoms with Crippen LogP contribution >= 0.6 is 0 Å². The third-order valence-electron chi connectivity index (χ3n) is 3.43. The number of aromatic hydroxyl groups is 1. The van der Waals surface area contributed by atoms with E-state index in [0.717, 1.165) is 12.2 Å². The lowest BCUT2D eigenvalue weighted by Crippen LogP contribution is -2.11. The zero-order chi connectivity index (χ0) is 19.6. The number of phenolic OH excluding ortho intramolecular Hbond substituents is 1. The van der Waals surface area contributed by atoms with Crippen LogP contribution in [0.15, 0.2) is 55.6 Å². The van der Waals surface area contributed by atoms with Crippen LogP contribution in [-0.4, -0.2) is 43.5 Å². The molecule has 0 radical (unpaired) electrons. The van der Waals surface area contributed by atoms with Crippen LogP contribution in [0, 0.1) is 0 Å². The molecule has 2 aromatic carbocycles. The molecule has 0 fully saturated rings. The van der Waals surface area contributed by atoms with E-state index >= 15 is 0 Å². The molecule has 0 atom stereocenters. The normalized spacial score (nSPS) is 10.1. The van der Waals surface area contributed by atoms with E-state index in [1.165, 1.54) is 6.07 Å². The van der Waals surface area contributed by atoms with Gasteiger partial charge in [-0.2, -0.15) is 0 Å². The first-order chi connectivity index (χ1) is 13.1. The van der Waals surface area contributed by atoms with Crippen molar-refractivity contribution >= 4 is 22.7 Å². The first-order valence-corrected chi connectivity index (χ1v) is 8.15. The molecule has 2 rings (SSSR count). The molecule has 7 heteroatoms. The standard InChI is InChI=1S/C20H20O7/c1-3-18(22)25-10-9-24-17-13-16(21)20(15-8-6-5-7-14(15)17)27-12-11-26-19(23)4-2/h3-8,13,21H,1-2,9-12H2. The summed E-state index contributed by atoms with van der Waals surface area (Å²) < 4.78 is 20.9. The minimum absolute atomic E-state index is 0.0194. The minimum Gasteiger partial charge on any atom is -0.504 e. The SMILES string of the molecule is C=CC(=O)OCCOc1cc(O)c(OCCOC(=O)C=C)c2ccccc12. The second-order valence-electron chi connectivity index (χ2n) is 5.21. The number of carbonyl (C=O) groups excluding carboxylic acids is 2. The largest absolute Gasteiger partial charge is 0.504 e. The molecular formula is C20H20O7. The van der Waals surface area contributed by atoms with Crippen LogP contribution in [0.1, 0.15) is 0 Å². The number of ether oxygens (including phenoxy) is 4. The number of phenols is 1. The molecule has 0 aliphatic rings. The molecule has 0 aliphatic carbocycles. The van der Waals surface area contributed by atoms with Crippen molar-refractivity contribution in [3.8, 4) is 17.2 Å². The Labute approximate surface area is 156 Å². The van der Waals surface area contributed by atoms with E-state index < -0.39 is 11.9 Å². The minimum atomic E-state index is -0.548. The molecule has 0 heterocycles. The molecule has 0 amide bonds. The summed E-state index contributed by atoms with van der Waals surface area (Å²) in [7, 11) is 0. The Morgan fingerprint density at radius 1 is 0.889 bits per heavy atom. The van der Waals surface area contributed by atoms with Gasteiger partial charge >= 0.3 is 11.9 Å². The van der Waals surface area contributed by atoms with Gasteiger partial charge in [0, 0.05) is 29.0 Å². The number of carbonyl (C=O) groups is 2. The zero-order valence-corrected chi connectivity index (χ0v) is 14.7. The summed E-state index contributed by atoms with van der Waals surface area (Å²) in [4.78, 5) is 22.1. The Bertz CT molecular complexity index is 842. The van der Waals surface area contributed by atoms with E-state index in [0.29, 0.717) is 16.5 Å². The first kappa shape index (κ1) is 19.8. The fourth-order valence-electron chi connectivity index (χ4n) is 2.27. The van der Waals surface area contributed by atoms with Gasteiger partial charge in [-0.15, -0.1) is 0 Å². The fraction of sp³-hybridized carbons (Fsp3) is 0.200. The van der Waals surface area contributed by atoms with Crippen LogP contribution in [-0.2, 0) is 19.1 Å². The van der Waals surface area contributed by atoms with E-state index in [1.807, 2.05) is 12.1 Å². The second-order valence-corrected chi connectivity index (χ2v) is 5.21. The number of fused-ring (bicyclic) bond motifs is 1. The Morgan fingerprint density at radius 2 is 1.44 bits per heavy atom. The van der Waals surface area contributed by atoms with Crippen LogP contribution in [0.4, 0.5) is 0 Å². The van der Waals surface area contributed by atoms with Gasteiger partial charge in [0.1, 0.15) is 32.2 Å². The van der Waals surface area contributed by atoms with Crippen molar-refractivity contribution in [2.45, 2.75) is 0 Å². The average Bonchev–Trinajstić information content (AvgIpc) is 2.69. The molecule has 142 valence electrons. The number of hydrogen-bond donors (Lipinski definition) is 1. The lowest BCUT2D eigenvalue weighted by molar-refractivity contribution is -0.139. The Morgan fingerprint density at radius 3 is 2.04 bits per heavy atom. The number of hydrogen-bond acceptors (Lipinski definition) is 7. The van der Waals surface area contributed by atoms with Gasteiger partial charge in [0.05, 0.1) is 0 Å². The van der Waals surface area contributed by atoms with Crippen LogP contribution in [0.2, 0.25) is 0 Å². The van der Waals surface area contributed by atoms with Crippen molar-refractivity contribution in [3.05, 3.63) is 55.6 Å². The van der Waals surface area contributed by atoms with Crippen LogP contribution < -0.4 is 9.47 Å². The van der Waals surface area contributed by atoms with Gasteiger partial charge in [0.2, 0.25) is 0 Å². The highest BCUT2D eigenvalue weighted by Crippen LogP contribution is 2.40. The third-order valence-corrected chi connectivity index (χ3v) is 3.43. The summed E-state index contributed by atoms with van der Waals surface area (Å²) in [5.74, 6) is -0.531. The summed E-state index contributed by atoms with van der Waals surface area (Å²) in [5.41, 5.74) is 0. The molecule has 27 heavy (non-hydrogen) atoms. The van der Waals surface area contributed by atoms with Gasteiger partial charge in [0.15, 0.2) is 11.5 Å². The topological polar surface area (TPSA) is 91.3 Å². The van der Waals surface area contributed by atoms with Crippen molar-refractivity contribution < 1.29 is 33.6 Å². The van der Waals surface area contributed by atoms with Crippen LogP contribution in [0.25, 0.3) is 10.8 Å². The van der Waals surface area contributed by atoms with E-state index in [4.69, 9.17) is 18.9 Å². The molecule has 0 aromatic heterocycles. The third kappa shape index (κ3) is 5.50. The maximum absolute atomic E-state index is 11.0. The lowest BCUT2D eigenvalue weighted by atomic mass is 10.1. The Balaban J connectivity index is 2.10. The van der Waals surface area contributed by atoms with Crippen molar-refractivity contribution in [3.63, 3.8) is 0 Å². The average molecular weight is 372 g/mol. The van der Waals surface area contributed by atoms with Gasteiger partial charge in [-0.3, -0.25) is 0 Å². The molecule has 1 N–H and O–H groups in total. The molecule has 7 nitrogen and oxygen atoms in total. The summed E-state index contributed by atoms with van der Waals surface area (Å²) in [5, 5.41) is 11.6. The van der Waals surface area contributed by atoms with Gasteiger partial charge in [-0.05, 0) is 0 Å². The van der Waals surface area contributed by atoms with Crippen molar-refractivity contribution in [2.24, 2.45) is 0 Å². The molecule has 0 saturated carbocycles. The highest BCUT2D eigenvalue weighted by atomic mass is 16.6. The number of rotatable bonds is 10. The van der Waals surface area contributed by atoms with E-state index in [-0.39, 0.29) is 37.9 Å². The lowest BCUT2D eigenvalue weighted by Gasteiger charge is -2.15. The van der Waals surface area contributed by atoms with Gasteiger partial charge in [0.25, 0.3) is 0 Å². The molecule has 0 unspecified atom stereocenters. The van der Waals surface area contributed by atoms with Gasteiger partial charge in [-0.25, -0.2) is 9.59 Å². The summed E-state index contributed by atoms with van der Waals surface area (Å²) in [6, 6.07) is 8.61. The van der Waals surface area contributed by atoms with E-state index in [9.17, 15) is 14.7 Å². The summed E-state index contributed by atoms with van der Waals surface area (Å²) in [6.45, 7) is 6.86. The monoisotopic (exact) mass is 372 g/mol. The van der Waals surface area contributed by atoms with Crippen molar-refractivity contribution in [1.82, 2.24) is 0 Å². The zero-order valence-electron chi connectivity index (χ0n) is 14.7.